The number of fused-ring (bicyclic) bond motifs is 4. The molecule has 2 bridgehead atoms. The highest BCUT2D eigenvalue weighted by Gasteiger charge is 2.49. The van der Waals surface area contributed by atoms with Gasteiger partial charge in [0.1, 0.15) is 11.9 Å². The van der Waals surface area contributed by atoms with E-state index < -0.39 is 5.79 Å². The largest absolute Gasteiger partial charge is 0.508 e. The highest BCUT2D eigenvalue weighted by molar-refractivity contribution is 5.44. The van der Waals surface area contributed by atoms with Gasteiger partial charge in [0.05, 0.1) is 6.61 Å². The monoisotopic (exact) mass is 580 g/mol. The van der Waals surface area contributed by atoms with Crippen molar-refractivity contribution < 1.29 is 14.6 Å². The predicted octanol–water partition coefficient (Wildman–Crippen LogP) is 6.77. The number of hydrogen-bond donors (Lipinski definition) is 2. The number of rotatable bonds is 5. The van der Waals surface area contributed by atoms with E-state index in [0.717, 1.165) is 30.0 Å². The minimum absolute atomic E-state index is 0.0933. The van der Waals surface area contributed by atoms with Crippen molar-refractivity contribution in [3.63, 3.8) is 0 Å². The number of piperidine rings is 2. The fraction of sp³-hybridized carbons (Fsp3) is 0.526. The van der Waals surface area contributed by atoms with Crippen molar-refractivity contribution in [2.75, 3.05) is 26.2 Å². The Morgan fingerprint density at radius 2 is 1.65 bits per heavy atom. The molecular weight excluding hydrogens is 532 g/mol. The van der Waals surface area contributed by atoms with Gasteiger partial charge in [-0.05, 0) is 92.1 Å². The molecule has 2 aliphatic carbocycles. The molecule has 0 spiro atoms. The van der Waals surface area contributed by atoms with Crippen molar-refractivity contribution in [2.24, 2.45) is 11.8 Å². The minimum Gasteiger partial charge on any atom is -0.508 e. The molecule has 5 aliphatic rings. The summed E-state index contributed by atoms with van der Waals surface area (Å²) in [6.45, 7) is 9.10. The zero-order valence-corrected chi connectivity index (χ0v) is 25.9. The van der Waals surface area contributed by atoms with Crippen LogP contribution in [0.3, 0.4) is 0 Å². The Labute approximate surface area is 257 Å². The van der Waals surface area contributed by atoms with E-state index in [2.05, 4.69) is 54.4 Å². The number of ether oxygens (including phenoxy) is 2. The van der Waals surface area contributed by atoms with Gasteiger partial charge in [-0.1, -0.05) is 87.0 Å². The van der Waals surface area contributed by atoms with E-state index >= 15 is 0 Å². The first-order valence-corrected chi connectivity index (χ1v) is 16.7. The summed E-state index contributed by atoms with van der Waals surface area (Å²) in [6, 6.07) is 27.7. The van der Waals surface area contributed by atoms with Crippen molar-refractivity contribution in [1.82, 2.24) is 10.2 Å². The number of benzene rings is 3. The SMILES string of the molecule is CC1C2Cc3ccc(O)cc3C1(C)CCN2CC1CC1.c1ccc(C2(c3ccccc3)OC[C@H]([C@@H]3CCCCN3)O2)cc1. The Balaban J connectivity index is 0.000000141. The van der Waals surface area contributed by atoms with E-state index in [0.29, 0.717) is 30.4 Å². The van der Waals surface area contributed by atoms with Gasteiger partial charge in [-0.25, -0.2) is 0 Å². The quantitative estimate of drug-likeness (QED) is 0.349. The predicted molar refractivity (Wildman–Crippen MR) is 171 cm³/mol. The minimum atomic E-state index is -0.785. The van der Waals surface area contributed by atoms with E-state index in [1.54, 1.807) is 0 Å². The Morgan fingerprint density at radius 3 is 2.30 bits per heavy atom. The third-order valence-corrected chi connectivity index (χ3v) is 11.2. The average molecular weight is 581 g/mol. The van der Waals surface area contributed by atoms with Gasteiger partial charge in [0.15, 0.2) is 0 Å². The van der Waals surface area contributed by atoms with Crippen molar-refractivity contribution in [3.05, 3.63) is 101 Å². The lowest BCUT2D eigenvalue weighted by molar-refractivity contribution is -0.146. The van der Waals surface area contributed by atoms with Crippen LogP contribution in [0.25, 0.3) is 0 Å². The van der Waals surface area contributed by atoms with Gasteiger partial charge in [-0.15, -0.1) is 0 Å². The number of hydrogen-bond acceptors (Lipinski definition) is 5. The average Bonchev–Trinajstić information content (AvgIpc) is 3.76. The van der Waals surface area contributed by atoms with Gasteiger partial charge in [0.2, 0.25) is 5.79 Å². The number of likely N-dealkylation sites (tertiary alicyclic amines) is 1. The van der Waals surface area contributed by atoms with Crippen LogP contribution in [-0.2, 0) is 27.1 Å². The molecule has 3 saturated heterocycles. The summed E-state index contributed by atoms with van der Waals surface area (Å²) >= 11 is 0. The maximum Gasteiger partial charge on any atom is 0.222 e. The van der Waals surface area contributed by atoms with Gasteiger partial charge < -0.3 is 19.9 Å². The molecule has 4 fully saturated rings. The second-order valence-corrected chi connectivity index (χ2v) is 13.9. The number of phenolic OH excluding ortho intramolecular Hbond substituents is 1. The second-order valence-electron chi connectivity index (χ2n) is 13.9. The zero-order chi connectivity index (χ0) is 29.4. The zero-order valence-electron chi connectivity index (χ0n) is 25.9. The normalized spacial score (nSPS) is 31.5. The van der Waals surface area contributed by atoms with Crippen LogP contribution in [0.1, 0.15) is 74.6 Å². The van der Waals surface area contributed by atoms with Crippen LogP contribution in [0.4, 0.5) is 0 Å². The van der Waals surface area contributed by atoms with E-state index in [1.165, 1.54) is 62.7 Å². The lowest BCUT2D eigenvalue weighted by Crippen LogP contribution is -2.58. The maximum absolute atomic E-state index is 9.85. The van der Waals surface area contributed by atoms with Crippen LogP contribution in [0.2, 0.25) is 0 Å². The lowest BCUT2D eigenvalue weighted by Gasteiger charge is -2.54. The van der Waals surface area contributed by atoms with Gasteiger partial charge >= 0.3 is 0 Å². The Morgan fingerprint density at radius 1 is 0.930 bits per heavy atom. The van der Waals surface area contributed by atoms with Gasteiger partial charge in [0, 0.05) is 29.8 Å². The van der Waals surface area contributed by atoms with E-state index in [4.69, 9.17) is 9.47 Å². The molecule has 5 heteroatoms. The summed E-state index contributed by atoms with van der Waals surface area (Å²) in [7, 11) is 0. The molecule has 5 atom stereocenters. The van der Waals surface area contributed by atoms with Crippen LogP contribution >= 0.6 is 0 Å². The summed E-state index contributed by atoms with van der Waals surface area (Å²) in [4.78, 5) is 2.76. The fourth-order valence-corrected chi connectivity index (χ4v) is 8.21. The molecular formula is C38H48N2O3. The van der Waals surface area contributed by atoms with Crippen molar-refractivity contribution in [3.8, 4) is 5.75 Å². The molecule has 228 valence electrons. The van der Waals surface area contributed by atoms with Crippen LogP contribution < -0.4 is 5.32 Å². The third kappa shape index (κ3) is 5.66. The molecule has 3 heterocycles. The lowest BCUT2D eigenvalue weighted by atomic mass is 9.59. The second kappa shape index (κ2) is 12.0. The molecule has 43 heavy (non-hydrogen) atoms. The Hall–Kier alpha value is -2.70. The molecule has 3 aromatic carbocycles. The molecule has 3 aliphatic heterocycles. The first-order valence-electron chi connectivity index (χ1n) is 16.7. The maximum atomic E-state index is 9.85. The molecule has 3 aromatic rings. The van der Waals surface area contributed by atoms with E-state index in [9.17, 15) is 5.11 Å². The molecule has 0 aromatic heterocycles. The third-order valence-electron chi connectivity index (χ3n) is 11.2. The van der Waals surface area contributed by atoms with Crippen LogP contribution in [0, 0.1) is 11.8 Å². The summed E-state index contributed by atoms with van der Waals surface area (Å²) in [6.07, 6.45) is 9.06. The summed E-state index contributed by atoms with van der Waals surface area (Å²) in [5.74, 6) is 1.31. The summed E-state index contributed by atoms with van der Waals surface area (Å²) < 4.78 is 12.9. The standard InChI is InChI=1S/C20H23NO2.C18H25NO/c1-3-9-16(10-4-1)20(17-11-5-2-6-12-17)22-15-19(23-20)18-13-7-8-14-21-18;1-12-17-9-14-5-6-15(20)10-16(14)18(12,2)7-8-19(17)11-13-3-4-13/h1-6,9-12,18-19,21H,7-8,13-15H2;5-6,10,12-13,17,20H,3-4,7-9,11H2,1-2H3/t18-,19+;/m0./s1. The van der Waals surface area contributed by atoms with E-state index in [1.807, 2.05) is 48.5 Å². The molecule has 5 nitrogen and oxygen atoms in total. The van der Waals surface area contributed by atoms with Crippen molar-refractivity contribution in [1.29, 1.82) is 0 Å². The molecule has 3 unspecified atom stereocenters. The number of aromatic hydroxyl groups is 1. The molecule has 0 amide bonds. The highest BCUT2D eigenvalue weighted by Crippen LogP contribution is 2.50. The summed E-state index contributed by atoms with van der Waals surface area (Å²) in [5.41, 5.74) is 5.24. The van der Waals surface area contributed by atoms with Gasteiger partial charge in [-0.2, -0.15) is 0 Å². The van der Waals surface area contributed by atoms with Gasteiger partial charge in [0.25, 0.3) is 0 Å². The molecule has 0 radical (unpaired) electrons. The molecule has 1 saturated carbocycles. The van der Waals surface area contributed by atoms with E-state index in [-0.39, 0.29) is 11.5 Å². The smallest absolute Gasteiger partial charge is 0.222 e. The molecule has 2 N–H and O–H groups in total. The topological polar surface area (TPSA) is 54.0 Å². The number of nitrogens with one attached hydrogen (secondary N) is 1. The highest BCUT2D eigenvalue weighted by atomic mass is 16.7. The van der Waals surface area contributed by atoms with Crippen molar-refractivity contribution in [2.45, 2.75) is 88.2 Å². The van der Waals surface area contributed by atoms with Crippen molar-refractivity contribution >= 4 is 0 Å². The first-order chi connectivity index (χ1) is 21.0. The van der Waals surface area contributed by atoms with Crippen LogP contribution in [0.15, 0.2) is 78.9 Å². The van der Waals surface area contributed by atoms with Gasteiger partial charge in [-0.3, -0.25) is 4.90 Å². The molecule has 8 rings (SSSR count). The number of nitrogens with zero attached hydrogens (tertiary/aromatic N) is 1. The Bertz CT molecular complexity index is 1330. The van der Waals surface area contributed by atoms with Crippen LogP contribution in [-0.4, -0.2) is 54.4 Å². The first kappa shape index (κ1) is 29.0. The number of phenols is 1. The summed E-state index contributed by atoms with van der Waals surface area (Å²) in [5, 5.41) is 13.5. The van der Waals surface area contributed by atoms with Crippen LogP contribution in [0.5, 0.6) is 5.75 Å². The Kier molecular flexibility index (Phi) is 8.11. The fourth-order valence-electron chi connectivity index (χ4n) is 8.21.